The van der Waals surface area contributed by atoms with Crippen molar-refractivity contribution in [2.24, 2.45) is 0 Å². The van der Waals surface area contributed by atoms with Crippen molar-refractivity contribution in [1.29, 1.82) is 0 Å². The van der Waals surface area contributed by atoms with Crippen LogP contribution in [-0.4, -0.2) is 33.8 Å². The van der Waals surface area contributed by atoms with Gasteiger partial charge >= 0.3 is 0 Å². The number of imidazole rings is 1. The first kappa shape index (κ1) is 17.0. The highest BCUT2D eigenvalue weighted by atomic mass is 16.5. The smallest absolute Gasteiger partial charge is 0.223 e. The molecule has 2 heterocycles. The predicted octanol–water partition coefficient (Wildman–Crippen LogP) is 3.32. The predicted molar refractivity (Wildman–Crippen MR) is 97.6 cm³/mol. The largest absolute Gasteiger partial charge is 0.497 e. The van der Waals surface area contributed by atoms with Crippen molar-refractivity contribution >= 4 is 11.6 Å². The minimum Gasteiger partial charge on any atom is -0.497 e. The van der Waals surface area contributed by atoms with Crippen LogP contribution < -0.4 is 4.74 Å². The number of carbonyl (C=O) groups is 1. The molecule has 130 valence electrons. The van der Waals surface area contributed by atoms with Crippen LogP contribution in [-0.2, 0) is 17.8 Å². The Morgan fingerprint density at radius 3 is 2.72 bits per heavy atom. The zero-order valence-corrected chi connectivity index (χ0v) is 14.7. The van der Waals surface area contributed by atoms with E-state index in [4.69, 9.17) is 4.74 Å². The number of carbonyl (C=O) groups excluding carboxylic acids is 1. The van der Waals surface area contributed by atoms with E-state index < -0.39 is 0 Å². The van der Waals surface area contributed by atoms with Gasteiger partial charge < -0.3 is 14.0 Å². The number of hydrogen-bond donors (Lipinski definition) is 0. The molecule has 0 aliphatic heterocycles. The zero-order chi connectivity index (χ0) is 17.6. The SMILES string of the molecule is CCN(Cc1cnc2ccccn12)C(=O)CCc1ccc(OC)cc1. The summed E-state index contributed by atoms with van der Waals surface area (Å²) in [6, 6.07) is 13.8. The molecule has 0 bridgehead atoms. The molecule has 1 amide bonds. The average molecular weight is 337 g/mol. The molecule has 0 atom stereocenters. The Hall–Kier alpha value is -2.82. The van der Waals surface area contributed by atoms with E-state index in [1.54, 1.807) is 7.11 Å². The lowest BCUT2D eigenvalue weighted by atomic mass is 10.1. The minimum absolute atomic E-state index is 0.157. The lowest BCUT2D eigenvalue weighted by molar-refractivity contribution is -0.131. The number of ether oxygens (including phenoxy) is 1. The first-order valence-electron chi connectivity index (χ1n) is 8.53. The summed E-state index contributed by atoms with van der Waals surface area (Å²) in [7, 11) is 1.65. The van der Waals surface area contributed by atoms with Crippen molar-refractivity contribution in [1.82, 2.24) is 14.3 Å². The average Bonchev–Trinajstić information content (AvgIpc) is 3.07. The third kappa shape index (κ3) is 3.99. The van der Waals surface area contributed by atoms with E-state index in [1.807, 2.05) is 71.1 Å². The lowest BCUT2D eigenvalue weighted by Gasteiger charge is -2.20. The number of fused-ring (bicyclic) bond motifs is 1. The maximum absolute atomic E-state index is 12.6. The van der Waals surface area contributed by atoms with Crippen LogP contribution in [0.3, 0.4) is 0 Å². The second kappa shape index (κ2) is 7.83. The van der Waals surface area contributed by atoms with Crippen LogP contribution in [0.25, 0.3) is 5.65 Å². The Bertz CT molecular complexity index is 840. The maximum Gasteiger partial charge on any atom is 0.223 e. The number of pyridine rings is 1. The summed E-state index contributed by atoms with van der Waals surface area (Å²) in [5, 5.41) is 0. The highest BCUT2D eigenvalue weighted by molar-refractivity contribution is 5.76. The molecule has 0 radical (unpaired) electrons. The molecule has 0 aliphatic rings. The van der Waals surface area contributed by atoms with Gasteiger partial charge in [-0.3, -0.25) is 4.79 Å². The normalized spacial score (nSPS) is 10.8. The van der Waals surface area contributed by atoms with Crippen molar-refractivity contribution in [3.05, 3.63) is 66.1 Å². The van der Waals surface area contributed by atoms with Crippen LogP contribution in [0.1, 0.15) is 24.6 Å². The molecule has 1 aromatic carbocycles. The van der Waals surface area contributed by atoms with Crippen LogP contribution in [0.5, 0.6) is 5.75 Å². The standard InChI is InChI=1S/C20H23N3O2/c1-3-22(15-17-14-21-19-6-4-5-13-23(17)19)20(24)12-9-16-7-10-18(25-2)11-8-16/h4-8,10-11,13-14H,3,9,12,15H2,1-2H3. The number of amides is 1. The maximum atomic E-state index is 12.6. The number of aromatic nitrogens is 2. The topological polar surface area (TPSA) is 46.8 Å². The Morgan fingerprint density at radius 1 is 1.20 bits per heavy atom. The van der Waals surface area contributed by atoms with Crippen molar-refractivity contribution < 1.29 is 9.53 Å². The summed E-state index contributed by atoms with van der Waals surface area (Å²) in [6.45, 7) is 3.26. The number of aryl methyl sites for hydroxylation is 1. The summed E-state index contributed by atoms with van der Waals surface area (Å²) in [6.07, 6.45) is 5.05. The summed E-state index contributed by atoms with van der Waals surface area (Å²) in [5.41, 5.74) is 3.06. The van der Waals surface area contributed by atoms with Crippen molar-refractivity contribution in [3.63, 3.8) is 0 Å². The highest BCUT2D eigenvalue weighted by Crippen LogP contribution is 2.14. The summed E-state index contributed by atoms with van der Waals surface area (Å²) < 4.78 is 7.19. The lowest BCUT2D eigenvalue weighted by Crippen LogP contribution is -2.30. The molecular formula is C20H23N3O2. The van der Waals surface area contributed by atoms with Crippen LogP contribution >= 0.6 is 0 Å². The van der Waals surface area contributed by atoms with Crippen LogP contribution in [0, 0.1) is 0 Å². The first-order chi connectivity index (χ1) is 12.2. The number of hydrogen-bond acceptors (Lipinski definition) is 3. The van der Waals surface area contributed by atoms with Gasteiger partial charge in [0.05, 0.1) is 25.5 Å². The van der Waals surface area contributed by atoms with E-state index in [0.29, 0.717) is 19.5 Å². The van der Waals surface area contributed by atoms with E-state index in [0.717, 1.165) is 29.1 Å². The molecule has 3 aromatic rings. The zero-order valence-electron chi connectivity index (χ0n) is 14.7. The molecule has 0 fully saturated rings. The molecule has 2 aromatic heterocycles. The molecule has 25 heavy (non-hydrogen) atoms. The third-order valence-corrected chi connectivity index (χ3v) is 4.37. The highest BCUT2D eigenvalue weighted by Gasteiger charge is 2.14. The molecule has 0 N–H and O–H groups in total. The summed E-state index contributed by atoms with van der Waals surface area (Å²) in [5.74, 6) is 0.988. The minimum atomic E-state index is 0.157. The molecule has 5 heteroatoms. The molecule has 0 saturated carbocycles. The van der Waals surface area contributed by atoms with Crippen molar-refractivity contribution in [3.8, 4) is 5.75 Å². The molecular weight excluding hydrogens is 314 g/mol. The van der Waals surface area contributed by atoms with Gasteiger partial charge in [0.25, 0.3) is 0 Å². The third-order valence-electron chi connectivity index (χ3n) is 4.37. The number of benzene rings is 1. The van der Waals surface area contributed by atoms with E-state index >= 15 is 0 Å². The first-order valence-corrected chi connectivity index (χ1v) is 8.53. The number of rotatable bonds is 7. The van der Waals surface area contributed by atoms with Crippen molar-refractivity contribution in [2.45, 2.75) is 26.3 Å². The summed E-state index contributed by atoms with van der Waals surface area (Å²) >= 11 is 0. The fourth-order valence-corrected chi connectivity index (χ4v) is 2.88. The van der Waals surface area contributed by atoms with Gasteiger partial charge in [0.2, 0.25) is 5.91 Å². The van der Waals surface area contributed by atoms with Gasteiger partial charge in [0, 0.05) is 19.2 Å². The Kier molecular flexibility index (Phi) is 5.33. The quantitative estimate of drug-likeness (QED) is 0.664. The van der Waals surface area contributed by atoms with Gasteiger partial charge in [-0.05, 0) is 43.2 Å². The van der Waals surface area contributed by atoms with Gasteiger partial charge in [-0.15, -0.1) is 0 Å². The number of nitrogens with zero attached hydrogens (tertiary/aromatic N) is 3. The van der Waals surface area contributed by atoms with E-state index in [9.17, 15) is 4.79 Å². The van der Waals surface area contributed by atoms with E-state index in [2.05, 4.69) is 4.98 Å². The second-order valence-corrected chi connectivity index (χ2v) is 5.93. The van der Waals surface area contributed by atoms with Crippen LogP contribution in [0.15, 0.2) is 54.9 Å². The van der Waals surface area contributed by atoms with Gasteiger partial charge in [-0.25, -0.2) is 4.98 Å². The Morgan fingerprint density at radius 2 is 2.00 bits per heavy atom. The van der Waals surface area contributed by atoms with Crippen LogP contribution in [0.2, 0.25) is 0 Å². The van der Waals surface area contributed by atoms with Crippen molar-refractivity contribution in [2.75, 3.05) is 13.7 Å². The van der Waals surface area contributed by atoms with E-state index in [-0.39, 0.29) is 5.91 Å². The summed E-state index contributed by atoms with van der Waals surface area (Å²) in [4.78, 5) is 18.9. The molecule has 0 aliphatic carbocycles. The van der Waals surface area contributed by atoms with E-state index in [1.165, 1.54) is 0 Å². The van der Waals surface area contributed by atoms with Gasteiger partial charge in [-0.2, -0.15) is 0 Å². The number of methoxy groups -OCH3 is 1. The molecule has 0 unspecified atom stereocenters. The van der Waals surface area contributed by atoms with Gasteiger partial charge in [-0.1, -0.05) is 18.2 Å². The fraction of sp³-hybridized carbons (Fsp3) is 0.300. The molecule has 0 saturated heterocycles. The Labute approximate surface area is 147 Å². The molecule has 3 rings (SSSR count). The van der Waals surface area contributed by atoms with Gasteiger partial charge in [0.15, 0.2) is 0 Å². The van der Waals surface area contributed by atoms with Crippen LogP contribution in [0.4, 0.5) is 0 Å². The molecule has 0 spiro atoms. The Balaban J connectivity index is 1.62. The second-order valence-electron chi connectivity index (χ2n) is 5.93. The monoisotopic (exact) mass is 337 g/mol. The molecule has 5 nitrogen and oxygen atoms in total. The van der Waals surface area contributed by atoms with Gasteiger partial charge in [0.1, 0.15) is 11.4 Å². The fourth-order valence-electron chi connectivity index (χ4n) is 2.88.